The maximum absolute atomic E-state index is 8.90. The van der Waals surface area contributed by atoms with E-state index >= 15 is 0 Å². The van der Waals surface area contributed by atoms with Crippen molar-refractivity contribution in [2.75, 3.05) is 23.8 Å². The summed E-state index contributed by atoms with van der Waals surface area (Å²) in [6.45, 7) is 7.17. The Kier molecular flexibility index (Phi) is 5.00. The Labute approximate surface area is 127 Å². The molecule has 1 atom stereocenters. The number of nitriles is 1. The molecule has 1 N–H and O–H groups in total. The monoisotopic (exact) mass is 287 g/mol. The molecule has 5 heteroatoms. The van der Waals surface area contributed by atoms with E-state index in [1.807, 2.05) is 7.05 Å². The van der Waals surface area contributed by atoms with E-state index in [4.69, 9.17) is 15.2 Å². The lowest BCUT2D eigenvalue weighted by Crippen LogP contribution is -2.30. The third-order valence-corrected chi connectivity index (χ3v) is 4.00. The van der Waals surface area contributed by atoms with E-state index in [2.05, 4.69) is 37.1 Å². The third kappa shape index (κ3) is 3.63. The van der Waals surface area contributed by atoms with Gasteiger partial charge in [0, 0.05) is 31.1 Å². The van der Waals surface area contributed by atoms with Crippen molar-refractivity contribution in [2.45, 2.75) is 58.4 Å². The van der Waals surface area contributed by atoms with Gasteiger partial charge in [-0.25, -0.2) is 9.97 Å². The molecule has 0 aliphatic heterocycles. The van der Waals surface area contributed by atoms with Crippen molar-refractivity contribution in [3.63, 3.8) is 0 Å². The summed E-state index contributed by atoms with van der Waals surface area (Å²) in [4.78, 5) is 11.6. The third-order valence-electron chi connectivity index (χ3n) is 4.00. The van der Waals surface area contributed by atoms with Crippen LogP contribution in [0.3, 0.4) is 0 Å². The van der Waals surface area contributed by atoms with Crippen LogP contribution >= 0.6 is 0 Å². The van der Waals surface area contributed by atoms with Crippen molar-refractivity contribution in [1.29, 1.82) is 5.26 Å². The van der Waals surface area contributed by atoms with E-state index in [9.17, 15) is 0 Å². The summed E-state index contributed by atoms with van der Waals surface area (Å²) in [5.74, 6) is 3.37. The maximum atomic E-state index is 8.90. The van der Waals surface area contributed by atoms with Gasteiger partial charge in [0.2, 0.25) is 0 Å². The fraction of sp³-hybridized carbons (Fsp3) is 0.688. The van der Waals surface area contributed by atoms with Gasteiger partial charge in [0.25, 0.3) is 0 Å². The molecule has 0 radical (unpaired) electrons. The SMILES string of the molecule is CCCNc1nc(C2CC2)nc(N(C)C(C)CC#N)c1C. The number of hydrogen-bond donors (Lipinski definition) is 1. The summed E-state index contributed by atoms with van der Waals surface area (Å²) < 4.78 is 0. The van der Waals surface area contributed by atoms with Crippen molar-refractivity contribution in [1.82, 2.24) is 9.97 Å². The number of hydrogen-bond acceptors (Lipinski definition) is 5. The Balaban J connectivity index is 2.33. The Hall–Kier alpha value is -1.83. The van der Waals surface area contributed by atoms with Crippen molar-refractivity contribution in [3.05, 3.63) is 11.4 Å². The number of rotatable bonds is 7. The molecule has 114 valence electrons. The van der Waals surface area contributed by atoms with Crippen LogP contribution in [-0.4, -0.2) is 29.6 Å². The van der Waals surface area contributed by atoms with Crippen molar-refractivity contribution in [3.8, 4) is 6.07 Å². The molecule has 5 nitrogen and oxygen atoms in total. The first-order valence-electron chi connectivity index (χ1n) is 7.80. The number of anilines is 2. The molecular formula is C16H25N5. The van der Waals surface area contributed by atoms with Gasteiger partial charge < -0.3 is 10.2 Å². The van der Waals surface area contributed by atoms with Crippen LogP contribution in [0.5, 0.6) is 0 Å². The molecule has 1 aliphatic carbocycles. The summed E-state index contributed by atoms with van der Waals surface area (Å²) in [5, 5.41) is 12.3. The zero-order valence-corrected chi connectivity index (χ0v) is 13.5. The quantitative estimate of drug-likeness (QED) is 0.834. The predicted octanol–water partition coefficient (Wildman–Crippen LogP) is 3.22. The molecule has 1 fully saturated rings. The summed E-state index contributed by atoms with van der Waals surface area (Å²) in [7, 11) is 2.01. The first-order valence-corrected chi connectivity index (χ1v) is 7.80. The minimum absolute atomic E-state index is 0.148. The van der Waals surface area contributed by atoms with Gasteiger partial charge in [-0.3, -0.25) is 0 Å². The molecule has 1 aromatic heterocycles. The topological polar surface area (TPSA) is 64.8 Å². The highest BCUT2D eigenvalue weighted by Crippen LogP contribution is 2.40. The standard InChI is InChI=1S/C16H25N5/c1-5-10-18-14-12(3)16(21(4)11(2)8-9-17)20-15(19-14)13-6-7-13/h11,13H,5-8,10H2,1-4H3,(H,18,19,20). The van der Waals surface area contributed by atoms with E-state index in [0.717, 1.165) is 36.0 Å². The lowest BCUT2D eigenvalue weighted by atomic mass is 10.2. The minimum atomic E-state index is 0.148. The number of nitrogens with one attached hydrogen (secondary N) is 1. The van der Waals surface area contributed by atoms with E-state index in [-0.39, 0.29) is 6.04 Å². The first-order chi connectivity index (χ1) is 10.1. The van der Waals surface area contributed by atoms with E-state index in [1.54, 1.807) is 0 Å². The lowest BCUT2D eigenvalue weighted by Gasteiger charge is -2.27. The molecule has 2 rings (SSSR count). The average molecular weight is 287 g/mol. The Bertz CT molecular complexity index is 530. The van der Waals surface area contributed by atoms with Gasteiger partial charge in [-0.1, -0.05) is 6.92 Å². The van der Waals surface area contributed by atoms with E-state index in [0.29, 0.717) is 12.3 Å². The van der Waals surface area contributed by atoms with Crippen molar-refractivity contribution in [2.24, 2.45) is 0 Å². The summed E-state index contributed by atoms with van der Waals surface area (Å²) in [5.41, 5.74) is 1.07. The summed E-state index contributed by atoms with van der Waals surface area (Å²) >= 11 is 0. The molecule has 0 bridgehead atoms. The van der Waals surface area contributed by atoms with Crippen LogP contribution in [-0.2, 0) is 0 Å². The van der Waals surface area contributed by atoms with Crippen LogP contribution in [0.2, 0.25) is 0 Å². The zero-order valence-electron chi connectivity index (χ0n) is 13.5. The Morgan fingerprint density at radius 2 is 2.14 bits per heavy atom. The van der Waals surface area contributed by atoms with Gasteiger partial charge in [0.1, 0.15) is 17.5 Å². The van der Waals surface area contributed by atoms with Crippen LogP contribution in [0.15, 0.2) is 0 Å². The second kappa shape index (κ2) is 6.75. The van der Waals surface area contributed by atoms with Gasteiger partial charge in [0.05, 0.1) is 12.5 Å². The molecule has 21 heavy (non-hydrogen) atoms. The normalized spacial score (nSPS) is 15.4. The smallest absolute Gasteiger partial charge is 0.137 e. The van der Waals surface area contributed by atoms with E-state index < -0.39 is 0 Å². The average Bonchev–Trinajstić information content (AvgIpc) is 3.30. The molecule has 1 heterocycles. The highest BCUT2D eigenvalue weighted by molar-refractivity contribution is 5.59. The number of aromatic nitrogens is 2. The molecule has 0 spiro atoms. The minimum Gasteiger partial charge on any atom is -0.370 e. The molecular weight excluding hydrogens is 262 g/mol. The maximum Gasteiger partial charge on any atom is 0.137 e. The molecule has 1 aromatic rings. The van der Waals surface area contributed by atoms with Crippen LogP contribution in [0.1, 0.15) is 56.8 Å². The molecule has 0 amide bonds. The highest BCUT2D eigenvalue weighted by Gasteiger charge is 2.29. The molecule has 1 saturated carbocycles. The van der Waals surface area contributed by atoms with Crippen molar-refractivity contribution < 1.29 is 0 Å². The summed E-state index contributed by atoms with van der Waals surface area (Å²) in [6, 6.07) is 2.38. The van der Waals surface area contributed by atoms with Crippen LogP contribution in [0.4, 0.5) is 11.6 Å². The highest BCUT2D eigenvalue weighted by atomic mass is 15.2. The fourth-order valence-electron chi connectivity index (χ4n) is 2.28. The van der Waals surface area contributed by atoms with Gasteiger partial charge in [-0.05, 0) is 33.1 Å². The lowest BCUT2D eigenvalue weighted by molar-refractivity contribution is 0.686. The molecule has 0 saturated heterocycles. The van der Waals surface area contributed by atoms with Crippen LogP contribution in [0.25, 0.3) is 0 Å². The van der Waals surface area contributed by atoms with Crippen molar-refractivity contribution >= 4 is 11.6 Å². The van der Waals surface area contributed by atoms with E-state index in [1.165, 1.54) is 12.8 Å². The Morgan fingerprint density at radius 3 is 2.71 bits per heavy atom. The van der Waals surface area contributed by atoms with Crippen LogP contribution in [0, 0.1) is 18.3 Å². The largest absolute Gasteiger partial charge is 0.370 e. The fourth-order valence-corrected chi connectivity index (χ4v) is 2.28. The molecule has 1 unspecified atom stereocenters. The van der Waals surface area contributed by atoms with Gasteiger partial charge in [-0.2, -0.15) is 5.26 Å². The zero-order chi connectivity index (χ0) is 15.4. The molecule has 1 aliphatic rings. The predicted molar refractivity (Wildman–Crippen MR) is 85.6 cm³/mol. The van der Waals surface area contributed by atoms with Gasteiger partial charge >= 0.3 is 0 Å². The first kappa shape index (κ1) is 15.6. The van der Waals surface area contributed by atoms with Crippen LogP contribution < -0.4 is 10.2 Å². The second-order valence-corrected chi connectivity index (χ2v) is 5.90. The Morgan fingerprint density at radius 1 is 1.43 bits per heavy atom. The second-order valence-electron chi connectivity index (χ2n) is 5.90. The number of nitrogens with zero attached hydrogens (tertiary/aromatic N) is 4. The van der Waals surface area contributed by atoms with Gasteiger partial charge in [0.15, 0.2) is 0 Å². The summed E-state index contributed by atoms with van der Waals surface area (Å²) in [6.07, 6.45) is 3.94. The molecule has 0 aromatic carbocycles. The van der Waals surface area contributed by atoms with Gasteiger partial charge in [-0.15, -0.1) is 0 Å².